The van der Waals surface area contributed by atoms with Gasteiger partial charge in [-0.15, -0.1) is 24.0 Å². The summed E-state index contributed by atoms with van der Waals surface area (Å²) in [7, 11) is 0. The monoisotopic (exact) mass is 476 g/mol. The van der Waals surface area contributed by atoms with Crippen molar-refractivity contribution < 1.29 is 4.79 Å². The molecule has 1 heterocycles. The van der Waals surface area contributed by atoms with Gasteiger partial charge in [-0.05, 0) is 30.7 Å². The van der Waals surface area contributed by atoms with Crippen molar-refractivity contribution >= 4 is 47.6 Å². The van der Waals surface area contributed by atoms with Crippen LogP contribution in [0.1, 0.15) is 30.9 Å². The van der Waals surface area contributed by atoms with Crippen molar-refractivity contribution in [3.63, 3.8) is 0 Å². The Morgan fingerprint density at radius 3 is 2.80 bits per heavy atom. The van der Waals surface area contributed by atoms with E-state index in [1.165, 1.54) is 11.1 Å². The van der Waals surface area contributed by atoms with Crippen LogP contribution in [0.15, 0.2) is 29.3 Å². The predicted octanol–water partition coefficient (Wildman–Crippen LogP) is 2.85. The zero-order valence-corrected chi connectivity index (χ0v) is 18.2. The first kappa shape index (κ1) is 22.1. The van der Waals surface area contributed by atoms with Crippen molar-refractivity contribution in [2.45, 2.75) is 32.9 Å². The molecule has 2 rings (SSSR count). The number of carbonyl (C=O) groups excluding carboxylic acids is 1. The van der Waals surface area contributed by atoms with Gasteiger partial charge < -0.3 is 15.5 Å². The SMILES string of the molecule is CCNC(=NCc1cccc(CN2CCCC2=O)c1)NCCSC.I. The lowest BCUT2D eigenvalue weighted by atomic mass is 10.1. The number of thioether (sulfide) groups is 1. The molecule has 2 N–H and O–H groups in total. The van der Waals surface area contributed by atoms with Crippen LogP contribution in [0, 0.1) is 0 Å². The van der Waals surface area contributed by atoms with Crippen molar-refractivity contribution in [3.8, 4) is 0 Å². The van der Waals surface area contributed by atoms with Crippen LogP contribution in [0.2, 0.25) is 0 Å². The van der Waals surface area contributed by atoms with Gasteiger partial charge in [0.15, 0.2) is 5.96 Å². The number of carbonyl (C=O) groups is 1. The van der Waals surface area contributed by atoms with Gasteiger partial charge in [-0.3, -0.25) is 4.79 Å². The smallest absolute Gasteiger partial charge is 0.222 e. The summed E-state index contributed by atoms with van der Waals surface area (Å²) in [6.45, 7) is 6.05. The second-order valence-electron chi connectivity index (χ2n) is 5.85. The minimum absolute atomic E-state index is 0. The Hall–Kier alpha value is -0.960. The quantitative estimate of drug-likeness (QED) is 0.262. The highest BCUT2D eigenvalue weighted by Gasteiger charge is 2.19. The number of amides is 1. The minimum Gasteiger partial charge on any atom is -0.357 e. The second kappa shape index (κ2) is 12.4. The number of nitrogens with zero attached hydrogens (tertiary/aromatic N) is 2. The topological polar surface area (TPSA) is 56.7 Å². The first-order valence-electron chi connectivity index (χ1n) is 8.59. The number of benzene rings is 1. The fraction of sp³-hybridized carbons (Fsp3) is 0.556. The largest absolute Gasteiger partial charge is 0.357 e. The van der Waals surface area contributed by atoms with Crippen LogP contribution in [0.4, 0.5) is 0 Å². The lowest BCUT2D eigenvalue weighted by Crippen LogP contribution is -2.38. The average molecular weight is 476 g/mol. The summed E-state index contributed by atoms with van der Waals surface area (Å²) in [5.74, 6) is 2.18. The molecular weight excluding hydrogens is 447 g/mol. The highest BCUT2D eigenvalue weighted by Crippen LogP contribution is 2.15. The number of halogens is 1. The number of hydrogen-bond acceptors (Lipinski definition) is 3. The van der Waals surface area contributed by atoms with Gasteiger partial charge in [0.25, 0.3) is 0 Å². The molecule has 5 nitrogen and oxygen atoms in total. The van der Waals surface area contributed by atoms with E-state index in [1.54, 1.807) is 0 Å². The van der Waals surface area contributed by atoms with Gasteiger partial charge in [-0.25, -0.2) is 4.99 Å². The van der Waals surface area contributed by atoms with Gasteiger partial charge in [-0.2, -0.15) is 11.8 Å². The lowest BCUT2D eigenvalue weighted by molar-refractivity contribution is -0.128. The number of hydrogen-bond donors (Lipinski definition) is 2. The van der Waals surface area contributed by atoms with Gasteiger partial charge in [0, 0.05) is 38.4 Å². The molecule has 1 aromatic rings. The van der Waals surface area contributed by atoms with Crippen LogP contribution in [0.3, 0.4) is 0 Å². The second-order valence-corrected chi connectivity index (χ2v) is 6.84. The zero-order chi connectivity index (χ0) is 17.2. The number of guanidine groups is 1. The van der Waals surface area contributed by atoms with Crippen LogP contribution in [0.25, 0.3) is 0 Å². The number of rotatable bonds is 8. The van der Waals surface area contributed by atoms with Crippen molar-refractivity contribution in [3.05, 3.63) is 35.4 Å². The summed E-state index contributed by atoms with van der Waals surface area (Å²) in [5.41, 5.74) is 2.35. The Balaban J connectivity index is 0.00000312. The molecule has 0 spiro atoms. The van der Waals surface area contributed by atoms with Gasteiger partial charge in [0.2, 0.25) is 5.91 Å². The fourth-order valence-corrected chi connectivity index (χ4v) is 3.01. The lowest BCUT2D eigenvalue weighted by Gasteiger charge is -2.16. The van der Waals surface area contributed by atoms with E-state index in [2.05, 4.69) is 53.1 Å². The van der Waals surface area contributed by atoms with Gasteiger partial charge >= 0.3 is 0 Å². The number of likely N-dealkylation sites (tertiary alicyclic amines) is 1. The van der Waals surface area contributed by atoms with Crippen LogP contribution < -0.4 is 10.6 Å². The molecular formula is C18H29IN4OS. The maximum absolute atomic E-state index is 11.8. The standard InChI is InChI=1S/C18H28N4OS.HI/c1-3-19-18(20-9-11-24-2)21-13-15-6-4-7-16(12-15)14-22-10-5-8-17(22)23;/h4,6-7,12H,3,5,8-11,13-14H2,1-2H3,(H2,19,20,21);1H. The molecule has 0 radical (unpaired) electrons. The van der Waals surface area contributed by atoms with Gasteiger partial charge in [0.05, 0.1) is 6.54 Å². The van der Waals surface area contributed by atoms with E-state index in [0.29, 0.717) is 19.5 Å². The molecule has 0 bridgehead atoms. The normalized spacial score (nSPS) is 14.4. The summed E-state index contributed by atoms with van der Waals surface area (Å²) in [5, 5.41) is 6.60. The average Bonchev–Trinajstić information content (AvgIpc) is 2.98. The minimum atomic E-state index is 0. The van der Waals surface area contributed by atoms with Crippen LogP contribution >= 0.6 is 35.7 Å². The molecule has 0 aliphatic carbocycles. The molecule has 1 aromatic carbocycles. The Kier molecular flexibility index (Phi) is 11.0. The van der Waals surface area contributed by atoms with Crippen molar-refractivity contribution in [1.29, 1.82) is 0 Å². The first-order valence-corrected chi connectivity index (χ1v) is 9.99. The molecule has 140 valence electrons. The third-order valence-corrected chi connectivity index (χ3v) is 4.51. The first-order chi connectivity index (χ1) is 11.7. The van der Waals surface area contributed by atoms with Crippen molar-refractivity contribution in [1.82, 2.24) is 15.5 Å². The maximum Gasteiger partial charge on any atom is 0.222 e. The maximum atomic E-state index is 11.8. The third kappa shape index (κ3) is 7.85. The molecule has 0 unspecified atom stereocenters. The predicted molar refractivity (Wildman–Crippen MR) is 118 cm³/mol. The van der Waals surface area contributed by atoms with Gasteiger partial charge in [0.1, 0.15) is 0 Å². The molecule has 1 aliphatic rings. The van der Waals surface area contributed by atoms with Crippen LogP contribution in [0.5, 0.6) is 0 Å². The highest BCUT2D eigenvalue weighted by molar-refractivity contribution is 14.0. The van der Waals surface area contributed by atoms with E-state index in [-0.39, 0.29) is 29.9 Å². The molecule has 7 heteroatoms. The summed E-state index contributed by atoms with van der Waals surface area (Å²) in [4.78, 5) is 18.4. The van der Waals surface area contributed by atoms with E-state index >= 15 is 0 Å². The molecule has 0 atom stereocenters. The molecule has 1 saturated heterocycles. The summed E-state index contributed by atoms with van der Waals surface area (Å²) >= 11 is 1.82. The van der Waals surface area contributed by atoms with Gasteiger partial charge in [-0.1, -0.05) is 24.3 Å². The van der Waals surface area contributed by atoms with E-state index in [9.17, 15) is 4.79 Å². The van der Waals surface area contributed by atoms with Crippen molar-refractivity contribution in [2.75, 3.05) is 31.6 Å². The molecule has 1 amide bonds. The summed E-state index contributed by atoms with van der Waals surface area (Å²) < 4.78 is 0. The molecule has 0 aromatic heterocycles. The Bertz CT molecular complexity index is 568. The van der Waals surface area contributed by atoms with E-state index in [1.807, 2.05) is 16.7 Å². The van der Waals surface area contributed by atoms with E-state index in [4.69, 9.17) is 0 Å². The van der Waals surface area contributed by atoms with Crippen molar-refractivity contribution in [2.24, 2.45) is 4.99 Å². The Morgan fingerprint density at radius 1 is 1.32 bits per heavy atom. The van der Waals surface area contributed by atoms with Crippen LogP contribution in [-0.2, 0) is 17.9 Å². The highest BCUT2D eigenvalue weighted by atomic mass is 127. The van der Waals surface area contributed by atoms with Crippen LogP contribution in [-0.4, -0.2) is 48.4 Å². The number of nitrogens with one attached hydrogen (secondary N) is 2. The van der Waals surface area contributed by atoms with E-state index < -0.39 is 0 Å². The molecule has 1 fully saturated rings. The third-order valence-electron chi connectivity index (χ3n) is 3.90. The zero-order valence-electron chi connectivity index (χ0n) is 15.1. The number of aliphatic imine (C=N–C) groups is 1. The molecule has 0 saturated carbocycles. The summed E-state index contributed by atoms with van der Waals surface area (Å²) in [6.07, 6.45) is 3.77. The molecule has 25 heavy (non-hydrogen) atoms. The Labute approximate surface area is 172 Å². The summed E-state index contributed by atoms with van der Waals surface area (Å²) in [6, 6.07) is 8.38. The fourth-order valence-electron chi connectivity index (χ4n) is 2.70. The molecule has 1 aliphatic heterocycles. The van der Waals surface area contributed by atoms with E-state index in [0.717, 1.165) is 37.8 Å². The Morgan fingerprint density at radius 2 is 2.12 bits per heavy atom.